The molecule has 29 heavy (non-hydrogen) atoms. The number of ether oxygens (including phenoxy) is 3. The first-order chi connectivity index (χ1) is 13.7. The maximum absolute atomic E-state index is 12.5. The Morgan fingerprint density at radius 1 is 1.00 bits per heavy atom. The van der Waals surface area contributed by atoms with E-state index < -0.39 is 30.2 Å². The number of benzene rings is 2. The van der Waals surface area contributed by atoms with Crippen LogP contribution in [0, 0.1) is 0 Å². The quantitative estimate of drug-likeness (QED) is 0.554. The van der Waals surface area contributed by atoms with E-state index in [0.29, 0.717) is 17.1 Å². The van der Waals surface area contributed by atoms with Crippen LogP contribution >= 0.6 is 0 Å². The molecule has 0 atom stereocenters. The van der Waals surface area contributed by atoms with Crippen molar-refractivity contribution < 1.29 is 37.0 Å². The summed E-state index contributed by atoms with van der Waals surface area (Å²) in [7, 11) is 2.98. The molecule has 6 nitrogen and oxygen atoms in total. The van der Waals surface area contributed by atoms with Gasteiger partial charge in [0.1, 0.15) is 0 Å². The number of carbonyl (C=O) groups is 2. The minimum absolute atomic E-state index is 0.153. The lowest BCUT2D eigenvalue weighted by atomic mass is 10.2. The molecule has 0 aliphatic carbocycles. The second-order valence-electron chi connectivity index (χ2n) is 5.68. The number of rotatable bonds is 7. The minimum atomic E-state index is -4.46. The minimum Gasteiger partial charge on any atom is -0.493 e. The van der Waals surface area contributed by atoms with Crippen LogP contribution in [0.15, 0.2) is 48.5 Å². The Balaban J connectivity index is 1.85. The van der Waals surface area contributed by atoms with Crippen LogP contribution < -0.4 is 14.8 Å². The Bertz CT molecular complexity index is 892. The fourth-order valence-electron chi connectivity index (χ4n) is 2.25. The van der Waals surface area contributed by atoms with E-state index in [1.165, 1.54) is 20.3 Å². The van der Waals surface area contributed by atoms with Crippen LogP contribution in [0.2, 0.25) is 0 Å². The van der Waals surface area contributed by atoms with Gasteiger partial charge in [0.2, 0.25) is 0 Å². The monoisotopic (exact) mass is 409 g/mol. The van der Waals surface area contributed by atoms with Gasteiger partial charge < -0.3 is 19.5 Å². The number of anilines is 1. The van der Waals surface area contributed by atoms with Crippen LogP contribution in [0.4, 0.5) is 18.9 Å². The summed E-state index contributed by atoms with van der Waals surface area (Å²) in [4.78, 5) is 23.5. The SMILES string of the molecule is COc1ccc(/C=C/C(=O)OCC(=O)Nc2ccc(C(F)(F)F)cc2)cc1OC. The van der Waals surface area contributed by atoms with Crippen LogP contribution in [0.5, 0.6) is 11.5 Å². The molecular weight excluding hydrogens is 391 g/mol. The predicted molar refractivity (Wildman–Crippen MR) is 99.6 cm³/mol. The summed E-state index contributed by atoms with van der Waals surface area (Å²) >= 11 is 0. The van der Waals surface area contributed by atoms with Crippen molar-refractivity contribution in [3.63, 3.8) is 0 Å². The van der Waals surface area contributed by atoms with Crippen molar-refractivity contribution in [1.29, 1.82) is 0 Å². The zero-order valence-electron chi connectivity index (χ0n) is 15.6. The van der Waals surface area contributed by atoms with Crippen molar-refractivity contribution in [1.82, 2.24) is 0 Å². The third-order valence-corrected chi connectivity index (χ3v) is 3.66. The van der Waals surface area contributed by atoms with Gasteiger partial charge in [-0.05, 0) is 48.0 Å². The molecule has 0 saturated heterocycles. The van der Waals surface area contributed by atoms with Crippen LogP contribution in [0.25, 0.3) is 6.08 Å². The second-order valence-corrected chi connectivity index (χ2v) is 5.68. The Morgan fingerprint density at radius 3 is 2.24 bits per heavy atom. The topological polar surface area (TPSA) is 73.9 Å². The van der Waals surface area contributed by atoms with E-state index in [1.807, 2.05) is 0 Å². The maximum atomic E-state index is 12.5. The van der Waals surface area contributed by atoms with Gasteiger partial charge in [-0.2, -0.15) is 13.2 Å². The fourth-order valence-corrected chi connectivity index (χ4v) is 2.25. The zero-order chi connectivity index (χ0) is 21.4. The Morgan fingerprint density at radius 2 is 1.66 bits per heavy atom. The largest absolute Gasteiger partial charge is 0.493 e. The fraction of sp³-hybridized carbons (Fsp3) is 0.200. The number of alkyl halides is 3. The maximum Gasteiger partial charge on any atom is 0.416 e. The van der Waals surface area contributed by atoms with Crippen molar-refractivity contribution in [2.75, 3.05) is 26.1 Å². The molecule has 9 heteroatoms. The number of hydrogen-bond acceptors (Lipinski definition) is 5. The van der Waals surface area contributed by atoms with Crippen molar-refractivity contribution in [3.05, 3.63) is 59.7 Å². The van der Waals surface area contributed by atoms with Crippen LogP contribution in [0.1, 0.15) is 11.1 Å². The average molecular weight is 409 g/mol. The number of carbonyl (C=O) groups excluding carboxylic acids is 2. The molecule has 154 valence electrons. The first-order valence-electron chi connectivity index (χ1n) is 8.27. The highest BCUT2D eigenvalue weighted by Gasteiger charge is 2.29. The second kappa shape index (κ2) is 9.63. The summed E-state index contributed by atoms with van der Waals surface area (Å²) in [5.41, 5.74) is -0.0315. The molecular formula is C20H18F3NO5. The molecule has 0 fully saturated rings. The molecule has 0 radical (unpaired) electrons. The van der Waals surface area contributed by atoms with E-state index in [1.54, 1.807) is 18.2 Å². The summed E-state index contributed by atoms with van der Waals surface area (Å²) in [5.74, 6) is -0.425. The van der Waals surface area contributed by atoms with E-state index in [0.717, 1.165) is 30.3 Å². The number of methoxy groups -OCH3 is 2. The van der Waals surface area contributed by atoms with Crippen molar-refractivity contribution >= 4 is 23.6 Å². The van der Waals surface area contributed by atoms with Crippen molar-refractivity contribution in [3.8, 4) is 11.5 Å². The number of hydrogen-bond donors (Lipinski definition) is 1. The van der Waals surface area contributed by atoms with E-state index in [2.05, 4.69) is 5.32 Å². The van der Waals surface area contributed by atoms with Gasteiger partial charge in [0, 0.05) is 11.8 Å². The number of amides is 1. The average Bonchev–Trinajstić information content (AvgIpc) is 2.70. The molecule has 2 aromatic rings. The number of nitrogens with one attached hydrogen (secondary N) is 1. The Labute approximate surface area is 164 Å². The zero-order valence-corrected chi connectivity index (χ0v) is 15.6. The molecule has 0 saturated carbocycles. The molecule has 0 spiro atoms. The summed E-state index contributed by atoms with van der Waals surface area (Å²) < 4.78 is 52.6. The highest BCUT2D eigenvalue weighted by Crippen LogP contribution is 2.30. The van der Waals surface area contributed by atoms with E-state index >= 15 is 0 Å². The smallest absolute Gasteiger partial charge is 0.416 e. The first kappa shape index (κ1) is 21.8. The molecule has 2 rings (SSSR count). The molecule has 1 amide bonds. The van der Waals surface area contributed by atoms with Crippen molar-refractivity contribution in [2.45, 2.75) is 6.18 Å². The van der Waals surface area contributed by atoms with E-state index in [9.17, 15) is 22.8 Å². The lowest BCUT2D eigenvalue weighted by molar-refractivity contribution is -0.142. The number of halogens is 3. The van der Waals surface area contributed by atoms with E-state index in [4.69, 9.17) is 14.2 Å². The lowest BCUT2D eigenvalue weighted by Gasteiger charge is -2.09. The third-order valence-electron chi connectivity index (χ3n) is 3.66. The van der Waals surface area contributed by atoms with Gasteiger partial charge in [0.15, 0.2) is 18.1 Å². The van der Waals surface area contributed by atoms with Gasteiger partial charge >= 0.3 is 12.1 Å². The molecule has 0 bridgehead atoms. The van der Waals surface area contributed by atoms with Crippen LogP contribution in [0.3, 0.4) is 0 Å². The Kier molecular flexibility index (Phi) is 7.24. The summed E-state index contributed by atoms with van der Waals surface area (Å²) in [6.45, 7) is -0.587. The van der Waals surface area contributed by atoms with Crippen molar-refractivity contribution in [2.24, 2.45) is 0 Å². The molecule has 2 aromatic carbocycles. The third kappa shape index (κ3) is 6.56. The van der Waals surface area contributed by atoms with Crippen LogP contribution in [-0.4, -0.2) is 32.7 Å². The molecule has 0 aliphatic heterocycles. The highest BCUT2D eigenvalue weighted by atomic mass is 19.4. The van der Waals surface area contributed by atoms with Gasteiger partial charge in [-0.25, -0.2) is 4.79 Å². The first-order valence-corrected chi connectivity index (χ1v) is 8.27. The molecule has 0 aromatic heterocycles. The lowest BCUT2D eigenvalue weighted by Crippen LogP contribution is -2.20. The summed E-state index contributed by atoms with van der Waals surface area (Å²) in [5, 5.41) is 2.34. The molecule has 1 N–H and O–H groups in total. The molecule has 0 unspecified atom stereocenters. The molecule has 0 aliphatic rings. The van der Waals surface area contributed by atoms with Gasteiger partial charge in [0.25, 0.3) is 5.91 Å². The number of esters is 1. The van der Waals surface area contributed by atoms with Gasteiger partial charge in [0.05, 0.1) is 19.8 Å². The summed E-state index contributed by atoms with van der Waals surface area (Å²) in [6.07, 6.45) is -1.86. The van der Waals surface area contributed by atoms with Crippen LogP contribution in [-0.2, 0) is 20.5 Å². The molecule has 0 heterocycles. The normalized spacial score (nSPS) is 11.2. The predicted octanol–water partition coefficient (Wildman–Crippen LogP) is 3.92. The standard InChI is InChI=1S/C20H18F3NO5/c1-27-16-9-3-13(11-17(16)28-2)4-10-19(26)29-12-18(25)24-15-7-5-14(6-8-15)20(21,22)23/h3-11H,12H2,1-2H3,(H,24,25)/b10-4+. The van der Waals surface area contributed by atoms with E-state index in [-0.39, 0.29) is 5.69 Å². The van der Waals surface area contributed by atoms with Gasteiger partial charge in [-0.1, -0.05) is 6.07 Å². The Hall–Kier alpha value is -3.49. The highest BCUT2D eigenvalue weighted by molar-refractivity contribution is 5.94. The van der Waals surface area contributed by atoms with Gasteiger partial charge in [-0.3, -0.25) is 4.79 Å². The summed E-state index contributed by atoms with van der Waals surface area (Å²) in [6, 6.07) is 8.92. The van der Waals surface area contributed by atoms with Gasteiger partial charge in [-0.15, -0.1) is 0 Å².